The summed E-state index contributed by atoms with van der Waals surface area (Å²) in [6.45, 7) is 3.90. The Morgan fingerprint density at radius 2 is 0.633 bits per heavy atom. The number of carboxylic acids is 1. The smallest absolute Gasteiger partial charge is 0.327 e. The van der Waals surface area contributed by atoms with Crippen molar-refractivity contribution in [2.75, 3.05) is 52.8 Å². The summed E-state index contributed by atoms with van der Waals surface area (Å²) in [5.41, 5.74) is 0. The maximum Gasteiger partial charge on any atom is 0.327 e. The molecule has 0 spiro atoms. The van der Waals surface area contributed by atoms with Crippen LogP contribution in [0.3, 0.4) is 0 Å². The highest BCUT2D eigenvalue weighted by Gasteiger charge is 2.22. The summed E-state index contributed by atoms with van der Waals surface area (Å²) in [4.78, 5) is 53.6. The van der Waals surface area contributed by atoms with Crippen molar-refractivity contribution in [1.82, 2.24) is 20.4 Å². The molecule has 0 saturated heterocycles. The van der Waals surface area contributed by atoms with Gasteiger partial charge in [-0.15, -0.1) is 0 Å². The van der Waals surface area contributed by atoms with Gasteiger partial charge in [0, 0.05) is 24.3 Å². The monoisotopic (exact) mass is 885 g/mol. The Labute approximate surface area is 378 Å². The normalized spacial score (nSPS) is 12.6. The second-order valence-electron chi connectivity index (χ2n) is 18.2. The van der Waals surface area contributed by atoms with Gasteiger partial charge in [-0.05, 0) is 73.9 Å². The zero-order valence-electron chi connectivity index (χ0n) is 39.8. The van der Waals surface area contributed by atoms with E-state index in [1.807, 2.05) is 0 Å². The highest BCUT2D eigenvalue weighted by atomic mass is 33.1. The Kier molecular flexibility index (Phi) is 43.4. The molecule has 0 aliphatic heterocycles. The first kappa shape index (κ1) is 58.7. The van der Waals surface area contributed by atoms with Crippen molar-refractivity contribution in [3.8, 4) is 0 Å². The minimum Gasteiger partial charge on any atom is -0.480 e. The molecule has 354 valence electrons. The molecule has 0 rings (SSSR count). The molecule has 0 aromatic carbocycles. The number of nitrogens with zero attached hydrogens (tertiary/aromatic N) is 2. The molecule has 60 heavy (non-hydrogen) atoms. The minimum atomic E-state index is -1.06. The molecule has 0 heterocycles. The van der Waals surface area contributed by atoms with E-state index in [1.54, 1.807) is 0 Å². The van der Waals surface area contributed by atoms with E-state index in [0.29, 0.717) is 18.6 Å². The summed E-state index contributed by atoms with van der Waals surface area (Å²) in [7, 11) is 11.3. The second kappa shape index (κ2) is 44.3. The number of carbonyl (C=O) groups is 4. The van der Waals surface area contributed by atoms with Crippen LogP contribution in [0.4, 0.5) is 0 Å². The van der Waals surface area contributed by atoms with Crippen LogP contribution in [-0.2, 0) is 19.2 Å². The number of Topliss-reactive ketones (excluding diaryl/α,β-unsaturated/α-hetero) is 1. The fourth-order valence-electron chi connectivity index (χ4n) is 7.58. The number of carboxylic acid groups (broad SMARTS) is 1. The predicted molar refractivity (Wildman–Crippen MR) is 261 cm³/mol. The van der Waals surface area contributed by atoms with E-state index < -0.39 is 18.1 Å². The molecule has 0 aromatic rings. The summed E-state index contributed by atoms with van der Waals surface area (Å²) in [5.74, 6) is -0.934. The van der Waals surface area contributed by atoms with Crippen LogP contribution in [-0.4, -0.2) is 103 Å². The van der Waals surface area contributed by atoms with E-state index in [0.717, 1.165) is 38.5 Å². The molecule has 0 aliphatic rings. The predicted octanol–water partition coefficient (Wildman–Crippen LogP) is 12.4. The van der Waals surface area contributed by atoms with Gasteiger partial charge in [-0.1, -0.05) is 201 Å². The molecule has 11 heteroatoms. The molecule has 0 saturated carbocycles. The third-order valence-electron chi connectivity index (χ3n) is 11.5. The van der Waals surface area contributed by atoms with Crippen molar-refractivity contribution < 1.29 is 24.3 Å². The number of rotatable bonds is 47. The zero-order chi connectivity index (χ0) is 44.3. The van der Waals surface area contributed by atoms with Gasteiger partial charge >= 0.3 is 5.97 Å². The summed E-state index contributed by atoms with van der Waals surface area (Å²) >= 11 is 0. The second-order valence-corrected chi connectivity index (χ2v) is 20.7. The minimum absolute atomic E-state index is 0.102. The van der Waals surface area contributed by atoms with E-state index in [9.17, 15) is 24.3 Å². The van der Waals surface area contributed by atoms with Gasteiger partial charge in [0.25, 0.3) is 0 Å². The number of ketones is 1. The fraction of sp³-hybridized carbons (Fsp3) is 0.918. The summed E-state index contributed by atoms with van der Waals surface area (Å²) in [5, 5.41) is 15.2. The SMILES string of the molecule is CC(=O)C(CSSCC(NC(=O)CCCCCCCCCCCCCCCCCCN(C)C)C(=O)O)NC(=O)CCCCCCCCCCCCCCCCCCN(C)C. The van der Waals surface area contributed by atoms with E-state index in [4.69, 9.17) is 0 Å². The van der Waals surface area contributed by atoms with Crippen molar-refractivity contribution >= 4 is 45.2 Å². The van der Waals surface area contributed by atoms with Crippen molar-refractivity contribution in [3.63, 3.8) is 0 Å². The molecule has 0 radical (unpaired) electrons. The lowest BCUT2D eigenvalue weighted by Crippen LogP contribution is -2.42. The molecule has 0 fully saturated rings. The lowest BCUT2D eigenvalue weighted by Gasteiger charge is -2.17. The summed E-state index contributed by atoms with van der Waals surface area (Å²) in [6.07, 6.45) is 41.5. The van der Waals surface area contributed by atoms with Crippen LogP contribution in [0.1, 0.15) is 225 Å². The van der Waals surface area contributed by atoms with Crippen LogP contribution in [0.5, 0.6) is 0 Å². The van der Waals surface area contributed by atoms with Crippen LogP contribution >= 0.6 is 21.6 Å². The Balaban J connectivity index is 3.79. The average Bonchev–Trinajstić information content (AvgIpc) is 3.20. The van der Waals surface area contributed by atoms with Crippen molar-refractivity contribution in [3.05, 3.63) is 0 Å². The summed E-state index contributed by atoms with van der Waals surface area (Å²) in [6, 6.07) is -1.58. The number of hydrogen-bond acceptors (Lipinski definition) is 8. The highest BCUT2D eigenvalue weighted by molar-refractivity contribution is 8.76. The zero-order valence-corrected chi connectivity index (χ0v) is 41.4. The molecule has 9 nitrogen and oxygen atoms in total. The van der Waals surface area contributed by atoms with Crippen molar-refractivity contribution in [1.29, 1.82) is 0 Å². The standard InChI is InChI=1S/C49H96N4O5S2/c1-44(54)45(50-47(55)38-34-30-26-22-18-14-10-6-8-12-16-20-24-28-32-36-40-52(2)3)42-59-60-43-46(49(57)58)51-48(56)39-35-31-27-23-19-15-11-7-9-13-17-21-25-29-33-37-41-53(4)5/h45-46H,6-43H2,1-5H3,(H,50,55)(H,51,56)(H,57,58). The number of aliphatic carboxylic acids is 1. The van der Waals surface area contributed by atoms with Crippen LogP contribution < -0.4 is 10.6 Å². The maximum absolute atomic E-state index is 12.6. The van der Waals surface area contributed by atoms with Gasteiger partial charge in [-0.2, -0.15) is 0 Å². The lowest BCUT2D eigenvalue weighted by molar-refractivity contribution is -0.141. The quantitative estimate of drug-likeness (QED) is 0.0405. The van der Waals surface area contributed by atoms with Crippen LogP contribution in [0.25, 0.3) is 0 Å². The largest absolute Gasteiger partial charge is 0.480 e. The Morgan fingerprint density at radius 1 is 0.400 bits per heavy atom. The molecule has 2 unspecified atom stereocenters. The fourth-order valence-corrected chi connectivity index (χ4v) is 9.98. The molecule has 2 atom stereocenters. The first-order valence-electron chi connectivity index (χ1n) is 24.9. The van der Waals surface area contributed by atoms with Gasteiger partial charge in [0.15, 0.2) is 5.78 Å². The summed E-state index contributed by atoms with van der Waals surface area (Å²) < 4.78 is 0. The molecule has 3 N–H and O–H groups in total. The molecular weight excluding hydrogens is 789 g/mol. The maximum atomic E-state index is 12.6. The van der Waals surface area contributed by atoms with Crippen molar-refractivity contribution in [2.24, 2.45) is 0 Å². The topological polar surface area (TPSA) is 119 Å². The van der Waals surface area contributed by atoms with Gasteiger partial charge < -0.3 is 25.5 Å². The number of hydrogen-bond donors (Lipinski definition) is 3. The van der Waals surface area contributed by atoms with E-state index >= 15 is 0 Å². The average molecular weight is 885 g/mol. The molecule has 2 amide bonds. The van der Waals surface area contributed by atoms with Crippen LogP contribution in [0, 0.1) is 0 Å². The molecule has 0 aromatic heterocycles. The first-order chi connectivity index (χ1) is 29.0. The number of carbonyl (C=O) groups excluding carboxylic acids is 3. The van der Waals surface area contributed by atoms with Gasteiger partial charge in [0.2, 0.25) is 11.8 Å². The van der Waals surface area contributed by atoms with E-state index in [2.05, 4.69) is 48.6 Å². The number of nitrogens with one attached hydrogen (secondary N) is 2. The molecule has 0 bridgehead atoms. The van der Waals surface area contributed by atoms with E-state index in [1.165, 1.54) is 209 Å². The Morgan fingerprint density at radius 3 is 0.883 bits per heavy atom. The highest BCUT2D eigenvalue weighted by Crippen LogP contribution is 2.24. The van der Waals surface area contributed by atoms with E-state index in [-0.39, 0.29) is 23.4 Å². The molecule has 0 aliphatic carbocycles. The number of amides is 2. The van der Waals surface area contributed by atoms with Crippen LogP contribution in [0.15, 0.2) is 0 Å². The Hall–Kier alpha value is -1.30. The van der Waals surface area contributed by atoms with Gasteiger partial charge in [-0.25, -0.2) is 4.79 Å². The Bertz CT molecular complexity index is 940. The number of unbranched alkanes of at least 4 members (excludes halogenated alkanes) is 30. The molecular formula is C49H96N4O5S2. The first-order valence-corrected chi connectivity index (χ1v) is 27.4. The van der Waals surface area contributed by atoms with Crippen molar-refractivity contribution in [2.45, 2.75) is 237 Å². The van der Waals surface area contributed by atoms with Gasteiger partial charge in [0.05, 0.1) is 6.04 Å². The van der Waals surface area contributed by atoms with Crippen LogP contribution in [0.2, 0.25) is 0 Å². The third kappa shape index (κ3) is 43.4. The van der Waals surface area contributed by atoms with Gasteiger partial charge in [-0.3, -0.25) is 14.4 Å². The lowest BCUT2D eigenvalue weighted by atomic mass is 10.0. The van der Waals surface area contributed by atoms with Gasteiger partial charge in [0.1, 0.15) is 6.04 Å². The third-order valence-corrected chi connectivity index (χ3v) is 14.0.